The Labute approximate surface area is 98.9 Å². The second kappa shape index (κ2) is 4.01. The first-order valence-corrected chi connectivity index (χ1v) is 5.27. The van der Waals surface area contributed by atoms with Crippen LogP contribution in [0.15, 0.2) is 35.3 Å². The zero-order valence-corrected chi connectivity index (χ0v) is 9.65. The van der Waals surface area contributed by atoms with Gasteiger partial charge in [-0.05, 0) is 26.0 Å². The van der Waals surface area contributed by atoms with Gasteiger partial charge in [-0.25, -0.2) is 4.99 Å². The number of carbonyl (C=O) groups is 2. The van der Waals surface area contributed by atoms with E-state index in [-0.39, 0.29) is 17.8 Å². The number of amides is 2. The quantitative estimate of drug-likeness (QED) is 0.706. The number of hydrogen-bond acceptors (Lipinski definition) is 3. The van der Waals surface area contributed by atoms with Crippen molar-refractivity contribution in [3.63, 3.8) is 0 Å². The van der Waals surface area contributed by atoms with Crippen molar-refractivity contribution in [3.8, 4) is 0 Å². The largest absolute Gasteiger partial charge is 0.295 e. The first kappa shape index (κ1) is 11.3. The highest BCUT2D eigenvalue weighted by atomic mass is 16.2. The maximum Gasteiger partial charge on any atom is 0.241 e. The summed E-state index contributed by atoms with van der Waals surface area (Å²) < 4.78 is 0. The molecule has 5 nitrogen and oxygen atoms in total. The number of nitrogens with one attached hydrogen (secondary N) is 2. The van der Waals surface area contributed by atoms with Crippen molar-refractivity contribution in [2.75, 3.05) is 0 Å². The molecule has 0 unspecified atom stereocenters. The van der Waals surface area contributed by atoms with Crippen LogP contribution in [0.25, 0.3) is 0 Å². The molecule has 88 valence electrons. The molecule has 1 aromatic carbocycles. The topological polar surface area (TPSA) is 70.6 Å². The lowest BCUT2D eigenvalue weighted by molar-refractivity contribution is -0.141. The van der Waals surface area contributed by atoms with Crippen molar-refractivity contribution < 1.29 is 9.59 Å². The Balaban J connectivity index is 2.24. The number of hydrogen-bond donors (Lipinski definition) is 2. The van der Waals surface area contributed by atoms with E-state index in [4.69, 9.17) is 0 Å². The highest BCUT2D eigenvalue weighted by Crippen LogP contribution is 2.18. The third-order valence-corrected chi connectivity index (χ3v) is 2.60. The smallest absolute Gasteiger partial charge is 0.241 e. The van der Waals surface area contributed by atoms with E-state index in [1.54, 1.807) is 26.0 Å². The minimum atomic E-state index is -1.06. The van der Waals surface area contributed by atoms with Gasteiger partial charge in [-0.1, -0.05) is 18.2 Å². The number of nitrogens with zero attached hydrogens (tertiary/aromatic N) is 1. The lowest BCUT2D eigenvalue weighted by atomic mass is 9.90. The average Bonchev–Trinajstić information content (AvgIpc) is 2.28. The van der Waals surface area contributed by atoms with E-state index in [9.17, 15) is 9.59 Å². The molecule has 1 aromatic rings. The Bertz CT molecular complexity index is 470. The van der Waals surface area contributed by atoms with E-state index >= 15 is 0 Å². The predicted octanol–water partition coefficient (Wildman–Crippen LogP) is 0.946. The van der Waals surface area contributed by atoms with Crippen LogP contribution >= 0.6 is 0 Å². The summed E-state index contributed by atoms with van der Waals surface area (Å²) in [7, 11) is 0. The minimum absolute atomic E-state index is 0.172. The third-order valence-electron chi connectivity index (χ3n) is 2.60. The lowest BCUT2D eigenvalue weighted by Crippen LogP contribution is -2.60. The maximum atomic E-state index is 11.7. The van der Waals surface area contributed by atoms with Gasteiger partial charge in [0.25, 0.3) is 0 Å². The second-order valence-electron chi connectivity index (χ2n) is 4.33. The molecule has 1 fully saturated rings. The summed E-state index contributed by atoms with van der Waals surface area (Å²) in [4.78, 5) is 27.5. The van der Waals surface area contributed by atoms with Crippen LogP contribution in [0.5, 0.6) is 0 Å². The van der Waals surface area contributed by atoms with Crippen molar-refractivity contribution in [3.05, 3.63) is 30.3 Å². The van der Waals surface area contributed by atoms with E-state index in [0.29, 0.717) is 5.69 Å². The standard InChI is InChI=1S/C12H13N3O2/c1-12(2)9(16)14-11(15-10(12)17)13-8-6-4-3-5-7-8/h3-7H,1-2H3,(H2,13,14,15,16,17). The summed E-state index contributed by atoms with van der Waals surface area (Å²) >= 11 is 0. The van der Waals surface area contributed by atoms with Gasteiger partial charge in [0.2, 0.25) is 17.8 Å². The Hall–Kier alpha value is -2.17. The van der Waals surface area contributed by atoms with E-state index in [2.05, 4.69) is 15.6 Å². The van der Waals surface area contributed by atoms with Gasteiger partial charge in [-0.15, -0.1) is 0 Å². The van der Waals surface area contributed by atoms with Gasteiger partial charge < -0.3 is 0 Å². The molecular weight excluding hydrogens is 218 g/mol. The average molecular weight is 231 g/mol. The Morgan fingerprint density at radius 2 is 1.53 bits per heavy atom. The van der Waals surface area contributed by atoms with Crippen molar-refractivity contribution in [2.45, 2.75) is 13.8 Å². The highest BCUT2D eigenvalue weighted by Gasteiger charge is 2.41. The van der Waals surface area contributed by atoms with E-state index in [0.717, 1.165) is 0 Å². The summed E-state index contributed by atoms with van der Waals surface area (Å²) in [5, 5.41) is 5.13. The normalized spacial score (nSPS) is 18.4. The van der Waals surface area contributed by atoms with Crippen LogP contribution < -0.4 is 10.6 Å². The fourth-order valence-electron chi connectivity index (χ4n) is 1.35. The van der Waals surface area contributed by atoms with Crippen LogP contribution in [-0.4, -0.2) is 17.8 Å². The molecule has 1 heterocycles. The molecule has 0 spiro atoms. The first-order chi connectivity index (χ1) is 8.00. The van der Waals surface area contributed by atoms with Crippen molar-refractivity contribution in [1.82, 2.24) is 10.6 Å². The molecule has 0 aromatic heterocycles. The molecule has 0 atom stereocenters. The van der Waals surface area contributed by atoms with Crippen molar-refractivity contribution >= 4 is 23.5 Å². The Morgan fingerprint density at radius 3 is 2.06 bits per heavy atom. The van der Waals surface area contributed by atoms with Crippen molar-refractivity contribution in [1.29, 1.82) is 0 Å². The first-order valence-electron chi connectivity index (χ1n) is 5.27. The highest BCUT2D eigenvalue weighted by molar-refractivity contribution is 6.20. The van der Waals surface area contributed by atoms with Crippen LogP contribution in [0, 0.1) is 5.41 Å². The molecule has 0 saturated carbocycles. The third kappa shape index (κ3) is 2.18. The lowest BCUT2D eigenvalue weighted by Gasteiger charge is -2.28. The molecule has 2 N–H and O–H groups in total. The van der Waals surface area contributed by atoms with Gasteiger partial charge in [0, 0.05) is 0 Å². The molecule has 0 aliphatic carbocycles. The molecular formula is C12H13N3O2. The van der Waals surface area contributed by atoms with Crippen LogP contribution in [0.2, 0.25) is 0 Å². The molecule has 0 radical (unpaired) electrons. The number of carbonyl (C=O) groups excluding carboxylic acids is 2. The summed E-state index contributed by atoms with van der Waals surface area (Å²) in [6.45, 7) is 3.13. The van der Waals surface area contributed by atoms with E-state index in [1.165, 1.54) is 0 Å². The fraction of sp³-hybridized carbons (Fsp3) is 0.250. The molecule has 1 aliphatic heterocycles. The van der Waals surface area contributed by atoms with Crippen LogP contribution in [0.4, 0.5) is 5.69 Å². The van der Waals surface area contributed by atoms with E-state index < -0.39 is 5.41 Å². The molecule has 2 amide bonds. The number of rotatable bonds is 1. The molecule has 5 heteroatoms. The number of benzene rings is 1. The van der Waals surface area contributed by atoms with Crippen LogP contribution in [0.1, 0.15) is 13.8 Å². The second-order valence-corrected chi connectivity index (χ2v) is 4.33. The molecule has 1 aliphatic rings. The van der Waals surface area contributed by atoms with Gasteiger partial charge in [0.05, 0.1) is 5.69 Å². The van der Waals surface area contributed by atoms with E-state index in [1.807, 2.05) is 18.2 Å². The predicted molar refractivity (Wildman–Crippen MR) is 63.6 cm³/mol. The van der Waals surface area contributed by atoms with Crippen LogP contribution in [0.3, 0.4) is 0 Å². The number of aliphatic imine (C=N–C) groups is 1. The fourth-order valence-corrected chi connectivity index (χ4v) is 1.35. The minimum Gasteiger partial charge on any atom is -0.295 e. The molecule has 17 heavy (non-hydrogen) atoms. The maximum absolute atomic E-state index is 11.7. The Kier molecular flexibility index (Phi) is 2.67. The molecule has 1 saturated heterocycles. The van der Waals surface area contributed by atoms with Crippen LogP contribution in [-0.2, 0) is 9.59 Å². The van der Waals surface area contributed by atoms with Gasteiger partial charge in [0.15, 0.2) is 0 Å². The summed E-state index contributed by atoms with van der Waals surface area (Å²) in [5.74, 6) is -0.530. The molecule has 2 rings (SSSR count). The number of para-hydroxylation sites is 1. The zero-order chi connectivity index (χ0) is 12.5. The monoisotopic (exact) mass is 231 g/mol. The SMILES string of the molecule is CC1(C)C(=O)NC(=Nc2ccccc2)NC1=O. The van der Waals surface area contributed by atoms with Gasteiger partial charge >= 0.3 is 0 Å². The summed E-state index contributed by atoms with van der Waals surface area (Å²) in [6.07, 6.45) is 0. The van der Waals surface area contributed by atoms with Gasteiger partial charge in [0.1, 0.15) is 5.41 Å². The summed E-state index contributed by atoms with van der Waals surface area (Å²) in [5.41, 5.74) is -0.391. The Morgan fingerprint density at radius 1 is 1.00 bits per heavy atom. The molecule has 0 bridgehead atoms. The number of guanidine groups is 1. The van der Waals surface area contributed by atoms with Gasteiger partial charge in [-0.3, -0.25) is 20.2 Å². The van der Waals surface area contributed by atoms with Gasteiger partial charge in [-0.2, -0.15) is 0 Å². The van der Waals surface area contributed by atoms with Crippen molar-refractivity contribution in [2.24, 2.45) is 10.4 Å². The zero-order valence-electron chi connectivity index (χ0n) is 9.65. The summed E-state index contributed by atoms with van der Waals surface area (Å²) in [6, 6.07) is 9.09.